The third-order valence-corrected chi connectivity index (χ3v) is 5.45. The second-order valence-electron chi connectivity index (χ2n) is 7.08. The monoisotopic (exact) mass is 336 g/mol. The molecule has 1 N–H and O–H groups in total. The van der Waals surface area contributed by atoms with Crippen LogP contribution >= 0.6 is 0 Å². The standard InChI is InChI=1S/C21H24N2O2/c24-19-6-7-20-17(14-19)8-13-23(21(20)25)18-9-11-22(12-10-18)15-16-4-2-1-3-5-16/h1-7,14,18,24H,8-13,15H2. The van der Waals surface area contributed by atoms with Crippen molar-refractivity contribution in [1.29, 1.82) is 0 Å². The number of hydrogen-bond acceptors (Lipinski definition) is 3. The summed E-state index contributed by atoms with van der Waals surface area (Å²) in [7, 11) is 0. The second kappa shape index (κ2) is 6.89. The quantitative estimate of drug-likeness (QED) is 0.937. The molecule has 0 unspecified atom stereocenters. The maximum Gasteiger partial charge on any atom is 0.254 e. The Morgan fingerprint density at radius 1 is 1.00 bits per heavy atom. The van der Waals surface area contributed by atoms with Gasteiger partial charge >= 0.3 is 0 Å². The number of fused-ring (bicyclic) bond motifs is 1. The average molecular weight is 336 g/mol. The van der Waals surface area contributed by atoms with Crippen LogP contribution in [0.3, 0.4) is 0 Å². The molecule has 2 aliphatic rings. The fourth-order valence-electron chi connectivity index (χ4n) is 4.07. The van der Waals surface area contributed by atoms with Crippen molar-refractivity contribution in [2.45, 2.75) is 31.8 Å². The van der Waals surface area contributed by atoms with Crippen LogP contribution in [0.2, 0.25) is 0 Å². The topological polar surface area (TPSA) is 43.8 Å². The van der Waals surface area contributed by atoms with Crippen molar-refractivity contribution in [3.63, 3.8) is 0 Å². The van der Waals surface area contributed by atoms with Crippen LogP contribution in [0.4, 0.5) is 0 Å². The van der Waals surface area contributed by atoms with E-state index in [0.29, 0.717) is 6.04 Å². The van der Waals surface area contributed by atoms with Crippen LogP contribution in [0.25, 0.3) is 0 Å². The number of carbonyl (C=O) groups is 1. The highest BCUT2D eigenvalue weighted by Gasteiger charge is 2.32. The van der Waals surface area contributed by atoms with Crippen LogP contribution < -0.4 is 0 Å². The van der Waals surface area contributed by atoms with Crippen molar-refractivity contribution in [3.8, 4) is 5.75 Å². The molecule has 4 heteroatoms. The van der Waals surface area contributed by atoms with Crippen LogP contribution in [-0.4, -0.2) is 46.5 Å². The Kier molecular flexibility index (Phi) is 4.45. The van der Waals surface area contributed by atoms with Crippen molar-refractivity contribution < 1.29 is 9.90 Å². The van der Waals surface area contributed by atoms with Gasteiger partial charge in [-0.1, -0.05) is 30.3 Å². The first-order valence-corrected chi connectivity index (χ1v) is 9.10. The summed E-state index contributed by atoms with van der Waals surface area (Å²) in [5, 5.41) is 9.61. The van der Waals surface area contributed by atoms with Crippen LogP contribution in [0.5, 0.6) is 5.75 Å². The Balaban J connectivity index is 1.38. The molecule has 2 aromatic carbocycles. The Labute approximate surface area is 148 Å². The Morgan fingerprint density at radius 3 is 2.52 bits per heavy atom. The summed E-state index contributed by atoms with van der Waals surface area (Å²) < 4.78 is 0. The van der Waals surface area contributed by atoms with Crippen molar-refractivity contribution in [2.24, 2.45) is 0 Å². The van der Waals surface area contributed by atoms with Gasteiger partial charge in [0.05, 0.1) is 0 Å². The first kappa shape index (κ1) is 16.2. The molecule has 0 aromatic heterocycles. The van der Waals surface area contributed by atoms with Crippen LogP contribution in [0, 0.1) is 0 Å². The number of aromatic hydroxyl groups is 1. The molecule has 0 atom stereocenters. The lowest BCUT2D eigenvalue weighted by atomic mass is 9.94. The van der Waals surface area contributed by atoms with E-state index >= 15 is 0 Å². The lowest BCUT2D eigenvalue weighted by molar-refractivity contribution is 0.0546. The largest absolute Gasteiger partial charge is 0.508 e. The van der Waals surface area contributed by atoms with Crippen molar-refractivity contribution in [2.75, 3.05) is 19.6 Å². The van der Waals surface area contributed by atoms with Crippen LogP contribution in [0.15, 0.2) is 48.5 Å². The third kappa shape index (κ3) is 3.40. The van der Waals surface area contributed by atoms with Crippen molar-refractivity contribution >= 4 is 5.91 Å². The fourth-order valence-corrected chi connectivity index (χ4v) is 4.07. The molecule has 0 spiro atoms. The zero-order valence-corrected chi connectivity index (χ0v) is 14.4. The van der Waals surface area contributed by atoms with E-state index in [2.05, 4.69) is 40.1 Å². The van der Waals surface area contributed by atoms with Gasteiger partial charge in [0.2, 0.25) is 0 Å². The first-order chi connectivity index (χ1) is 12.2. The molecule has 130 valence electrons. The minimum atomic E-state index is 0.128. The van der Waals surface area contributed by atoms with Crippen LogP contribution in [0.1, 0.15) is 34.3 Å². The highest BCUT2D eigenvalue weighted by molar-refractivity contribution is 5.97. The zero-order chi connectivity index (χ0) is 17.2. The highest BCUT2D eigenvalue weighted by atomic mass is 16.3. The number of hydrogen-bond donors (Lipinski definition) is 1. The number of nitrogens with zero attached hydrogens (tertiary/aromatic N) is 2. The average Bonchev–Trinajstić information content (AvgIpc) is 2.64. The lowest BCUT2D eigenvalue weighted by Gasteiger charge is -2.40. The predicted molar refractivity (Wildman–Crippen MR) is 97.6 cm³/mol. The van der Waals surface area contributed by atoms with Gasteiger partial charge in [-0.05, 0) is 48.6 Å². The minimum absolute atomic E-state index is 0.128. The van der Waals surface area contributed by atoms with E-state index in [1.54, 1.807) is 18.2 Å². The maximum atomic E-state index is 12.8. The van der Waals surface area contributed by atoms with E-state index in [0.717, 1.165) is 56.6 Å². The molecule has 1 amide bonds. The molecular formula is C21H24N2O2. The number of phenols is 1. The van der Waals surface area contributed by atoms with E-state index in [9.17, 15) is 9.90 Å². The Bertz CT molecular complexity index is 752. The molecule has 2 heterocycles. The number of benzene rings is 2. The number of piperidine rings is 1. The summed E-state index contributed by atoms with van der Waals surface area (Å²) >= 11 is 0. The number of carbonyl (C=O) groups excluding carboxylic acids is 1. The number of rotatable bonds is 3. The summed E-state index contributed by atoms with van der Waals surface area (Å²) in [5.74, 6) is 0.372. The molecule has 2 aromatic rings. The first-order valence-electron chi connectivity index (χ1n) is 9.10. The summed E-state index contributed by atoms with van der Waals surface area (Å²) in [5.41, 5.74) is 3.09. The Hall–Kier alpha value is -2.33. The molecule has 1 saturated heterocycles. The molecule has 0 radical (unpaired) electrons. The van der Waals surface area contributed by atoms with Gasteiger partial charge in [0.25, 0.3) is 5.91 Å². The van der Waals surface area contributed by atoms with E-state index in [4.69, 9.17) is 0 Å². The molecule has 25 heavy (non-hydrogen) atoms. The SMILES string of the molecule is O=C1c2ccc(O)cc2CCN1C1CCN(Cc2ccccc2)CC1. The third-order valence-electron chi connectivity index (χ3n) is 5.45. The number of amides is 1. The predicted octanol–water partition coefficient (Wildman–Crippen LogP) is 3.06. The summed E-state index contributed by atoms with van der Waals surface area (Å²) in [6, 6.07) is 16.0. The van der Waals surface area contributed by atoms with Crippen molar-refractivity contribution in [3.05, 3.63) is 65.2 Å². The van der Waals surface area contributed by atoms with Gasteiger partial charge in [0.15, 0.2) is 0 Å². The smallest absolute Gasteiger partial charge is 0.254 e. The molecule has 1 fully saturated rings. The lowest BCUT2D eigenvalue weighted by Crippen LogP contribution is -2.49. The summed E-state index contributed by atoms with van der Waals surface area (Å²) in [6.07, 6.45) is 2.90. The van der Waals surface area contributed by atoms with E-state index in [1.807, 2.05) is 0 Å². The molecule has 0 bridgehead atoms. The van der Waals surface area contributed by atoms with Gasteiger partial charge in [0, 0.05) is 37.8 Å². The van der Waals surface area contributed by atoms with E-state index < -0.39 is 0 Å². The Morgan fingerprint density at radius 2 is 1.76 bits per heavy atom. The fraction of sp³-hybridized carbons (Fsp3) is 0.381. The van der Waals surface area contributed by atoms with Crippen LogP contribution in [-0.2, 0) is 13.0 Å². The maximum absolute atomic E-state index is 12.8. The van der Waals surface area contributed by atoms with Gasteiger partial charge in [0.1, 0.15) is 5.75 Å². The number of phenolic OH excluding ortho intramolecular Hbond substituents is 1. The highest BCUT2D eigenvalue weighted by Crippen LogP contribution is 2.27. The summed E-state index contributed by atoms with van der Waals surface area (Å²) in [4.78, 5) is 17.4. The molecule has 0 saturated carbocycles. The van der Waals surface area contributed by atoms with Gasteiger partial charge in [-0.25, -0.2) is 0 Å². The molecule has 4 nitrogen and oxygen atoms in total. The van der Waals surface area contributed by atoms with Gasteiger partial charge < -0.3 is 10.0 Å². The van der Waals surface area contributed by atoms with Crippen molar-refractivity contribution in [1.82, 2.24) is 9.80 Å². The van der Waals surface area contributed by atoms with E-state index in [1.165, 1.54) is 5.56 Å². The second-order valence-corrected chi connectivity index (χ2v) is 7.08. The molecule has 4 rings (SSSR count). The zero-order valence-electron chi connectivity index (χ0n) is 14.4. The normalized spacial score (nSPS) is 19.0. The molecule has 2 aliphatic heterocycles. The minimum Gasteiger partial charge on any atom is -0.508 e. The number of likely N-dealkylation sites (tertiary alicyclic amines) is 1. The molecule has 0 aliphatic carbocycles. The van der Waals surface area contributed by atoms with Gasteiger partial charge in [-0.15, -0.1) is 0 Å². The van der Waals surface area contributed by atoms with Gasteiger partial charge in [-0.2, -0.15) is 0 Å². The van der Waals surface area contributed by atoms with E-state index in [-0.39, 0.29) is 11.7 Å². The molecular weight excluding hydrogens is 312 g/mol. The van der Waals surface area contributed by atoms with Gasteiger partial charge in [-0.3, -0.25) is 9.69 Å². The summed E-state index contributed by atoms with van der Waals surface area (Å²) in [6.45, 7) is 3.82.